The molecule has 1 saturated heterocycles. The van der Waals surface area contributed by atoms with Crippen LogP contribution >= 0.6 is 15.9 Å². The van der Waals surface area contributed by atoms with E-state index in [1.54, 1.807) is 18.2 Å². The van der Waals surface area contributed by atoms with Gasteiger partial charge in [0.15, 0.2) is 0 Å². The molecule has 0 saturated carbocycles. The van der Waals surface area contributed by atoms with E-state index in [2.05, 4.69) is 20.7 Å². The van der Waals surface area contributed by atoms with Crippen molar-refractivity contribution in [2.45, 2.75) is 24.7 Å². The highest BCUT2D eigenvalue weighted by molar-refractivity contribution is 9.10. The molecular formula is C18H17BrN2O5S. The molecule has 0 radical (unpaired) electrons. The number of hydrogen-bond acceptors (Lipinski definition) is 5. The van der Waals surface area contributed by atoms with Gasteiger partial charge in [-0.25, -0.2) is 8.42 Å². The first kappa shape index (κ1) is 19.4. The maximum Gasteiger partial charge on any atom is 0.265 e. The zero-order chi connectivity index (χ0) is 19.8. The number of nitrogens with zero attached hydrogens (tertiary/aromatic N) is 1. The van der Waals surface area contributed by atoms with Gasteiger partial charge in [0.2, 0.25) is 11.8 Å². The number of carbonyl (C=O) groups excluding carboxylic acids is 2. The van der Waals surface area contributed by atoms with Crippen molar-refractivity contribution in [2.75, 3.05) is 16.7 Å². The van der Waals surface area contributed by atoms with Crippen molar-refractivity contribution in [1.29, 1.82) is 0 Å². The molecule has 0 bridgehead atoms. The van der Waals surface area contributed by atoms with Gasteiger partial charge in [-0.15, -0.1) is 0 Å². The average molecular weight is 453 g/mol. The van der Waals surface area contributed by atoms with Gasteiger partial charge in [0.25, 0.3) is 10.0 Å². The molecule has 1 heterocycles. The summed E-state index contributed by atoms with van der Waals surface area (Å²) in [6.07, 6.45) is 0.225. The summed E-state index contributed by atoms with van der Waals surface area (Å²) in [5.41, 5.74) is 1.53. The van der Waals surface area contributed by atoms with E-state index in [-0.39, 0.29) is 41.0 Å². The number of sulfonamides is 1. The second kappa shape index (κ2) is 7.32. The van der Waals surface area contributed by atoms with E-state index in [9.17, 15) is 18.0 Å². The van der Waals surface area contributed by atoms with E-state index in [1.807, 2.05) is 6.92 Å². The van der Waals surface area contributed by atoms with Gasteiger partial charge in [-0.1, -0.05) is 6.07 Å². The Kier molecular flexibility index (Phi) is 5.25. The van der Waals surface area contributed by atoms with E-state index < -0.39 is 10.0 Å². The number of aryl methyl sites for hydroxylation is 1. The summed E-state index contributed by atoms with van der Waals surface area (Å²) in [4.78, 5) is 24.8. The Labute approximate surface area is 165 Å². The minimum atomic E-state index is -4.03. The molecule has 1 aliphatic rings. The standard InChI is InChI=1S/C18H17BrN2O5S/c1-11-3-5-14(13(19)9-11)20-27(24,25)16-10-12(4-6-15(16)26-2)21-17(22)7-8-18(21)23/h3-6,9-10,20H,7-8H2,1-2H3. The number of halogens is 1. The number of rotatable bonds is 5. The van der Waals surface area contributed by atoms with Crippen LogP contribution in [0, 0.1) is 6.92 Å². The molecule has 2 aromatic rings. The number of nitrogens with one attached hydrogen (secondary N) is 1. The molecule has 1 fully saturated rings. The molecule has 0 aliphatic carbocycles. The first-order valence-corrected chi connectivity index (χ1v) is 10.3. The highest BCUT2D eigenvalue weighted by atomic mass is 79.9. The second-order valence-electron chi connectivity index (χ2n) is 6.05. The quantitative estimate of drug-likeness (QED) is 0.702. The predicted octanol–water partition coefficient (Wildman–Crippen LogP) is 3.22. The molecular weight excluding hydrogens is 436 g/mol. The van der Waals surface area contributed by atoms with Crippen molar-refractivity contribution in [1.82, 2.24) is 0 Å². The summed E-state index contributed by atoms with van der Waals surface area (Å²) in [5, 5.41) is 0. The number of imide groups is 1. The van der Waals surface area contributed by atoms with Gasteiger partial charge in [0.1, 0.15) is 10.6 Å². The first-order chi connectivity index (χ1) is 12.7. The lowest BCUT2D eigenvalue weighted by molar-refractivity contribution is -0.121. The highest BCUT2D eigenvalue weighted by Crippen LogP contribution is 2.33. The molecule has 1 aliphatic heterocycles. The molecule has 0 unspecified atom stereocenters. The van der Waals surface area contributed by atoms with E-state index in [0.29, 0.717) is 10.2 Å². The maximum absolute atomic E-state index is 12.9. The third kappa shape index (κ3) is 3.84. The van der Waals surface area contributed by atoms with E-state index in [0.717, 1.165) is 10.5 Å². The number of methoxy groups -OCH3 is 1. The van der Waals surface area contributed by atoms with Crippen LogP contribution in [0.2, 0.25) is 0 Å². The third-order valence-corrected chi connectivity index (χ3v) is 6.16. The number of anilines is 2. The van der Waals surface area contributed by atoms with E-state index in [4.69, 9.17) is 4.74 Å². The van der Waals surface area contributed by atoms with Crippen molar-refractivity contribution >= 4 is 49.1 Å². The summed E-state index contributed by atoms with van der Waals surface area (Å²) < 4.78 is 34.2. The molecule has 1 N–H and O–H groups in total. The number of amides is 2. The van der Waals surface area contributed by atoms with E-state index >= 15 is 0 Å². The van der Waals surface area contributed by atoms with Crippen molar-refractivity contribution in [3.05, 3.63) is 46.4 Å². The lowest BCUT2D eigenvalue weighted by Crippen LogP contribution is -2.28. The van der Waals surface area contributed by atoms with Crippen LogP contribution in [0.25, 0.3) is 0 Å². The fourth-order valence-corrected chi connectivity index (χ4v) is 4.77. The Bertz CT molecular complexity index is 1020. The van der Waals surface area contributed by atoms with Crippen LogP contribution in [-0.4, -0.2) is 27.3 Å². The molecule has 0 spiro atoms. The molecule has 142 valence electrons. The Morgan fingerprint density at radius 2 is 1.74 bits per heavy atom. The van der Waals surface area contributed by atoms with Gasteiger partial charge in [-0.3, -0.25) is 19.2 Å². The highest BCUT2D eigenvalue weighted by Gasteiger charge is 2.32. The SMILES string of the molecule is COc1ccc(N2C(=O)CCC2=O)cc1S(=O)(=O)Nc1ccc(C)cc1Br. The third-order valence-electron chi connectivity index (χ3n) is 4.12. The largest absolute Gasteiger partial charge is 0.495 e. The fourth-order valence-electron chi connectivity index (χ4n) is 2.78. The maximum atomic E-state index is 12.9. The topological polar surface area (TPSA) is 92.8 Å². The lowest BCUT2D eigenvalue weighted by Gasteiger charge is -2.18. The van der Waals surface area contributed by atoms with Crippen molar-refractivity contribution in [3.8, 4) is 5.75 Å². The summed E-state index contributed by atoms with van der Waals surface area (Å²) >= 11 is 3.34. The fraction of sp³-hybridized carbons (Fsp3) is 0.222. The minimum absolute atomic E-state index is 0.105. The molecule has 2 amide bonds. The Hall–Kier alpha value is -2.39. The zero-order valence-corrected chi connectivity index (χ0v) is 17.1. The smallest absolute Gasteiger partial charge is 0.265 e. The Balaban J connectivity index is 2.04. The van der Waals surface area contributed by atoms with Crippen LogP contribution in [-0.2, 0) is 19.6 Å². The summed E-state index contributed by atoms with van der Waals surface area (Å²) in [5.74, 6) is -0.612. The number of carbonyl (C=O) groups is 2. The molecule has 0 aromatic heterocycles. The molecule has 2 aromatic carbocycles. The molecule has 7 nitrogen and oxygen atoms in total. The average Bonchev–Trinajstić information content (AvgIpc) is 2.95. The van der Waals surface area contributed by atoms with E-state index in [1.165, 1.54) is 25.3 Å². The number of hydrogen-bond donors (Lipinski definition) is 1. The Morgan fingerprint density at radius 3 is 2.33 bits per heavy atom. The van der Waals surface area contributed by atoms with Crippen molar-refractivity contribution < 1.29 is 22.7 Å². The number of benzene rings is 2. The molecule has 3 rings (SSSR count). The Morgan fingerprint density at radius 1 is 1.07 bits per heavy atom. The van der Waals surface area contributed by atoms with Crippen molar-refractivity contribution in [2.24, 2.45) is 0 Å². The van der Waals surface area contributed by atoms with Crippen LogP contribution in [0.4, 0.5) is 11.4 Å². The lowest BCUT2D eigenvalue weighted by atomic mass is 10.2. The van der Waals surface area contributed by atoms with Gasteiger partial charge in [-0.05, 0) is 58.7 Å². The van der Waals surface area contributed by atoms with Gasteiger partial charge in [-0.2, -0.15) is 0 Å². The van der Waals surface area contributed by atoms with Crippen LogP contribution in [0.3, 0.4) is 0 Å². The first-order valence-electron chi connectivity index (χ1n) is 8.06. The summed E-state index contributed by atoms with van der Waals surface area (Å²) in [7, 11) is -2.68. The van der Waals surface area contributed by atoms with Crippen LogP contribution < -0.4 is 14.4 Å². The van der Waals surface area contributed by atoms with Crippen LogP contribution in [0.15, 0.2) is 45.8 Å². The van der Waals surface area contributed by atoms with Gasteiger partial charge in [0.05, 0.1) is 18.5 Å². The van der Waals surface area contributed by atoms with Gasteiger partial charge >= 0.3 is 0 Å². The van der Waals surface area contributed by atoms with Crippen molar-refractivity contribution in [3.63, 3.8) is 0 Å². The zero-order valence-electron chi connectivity index (χ0n) is 14.7. The minimum Gasteiger partial charge on any atom is -0.495 e. The number of ether oxygens (including phenoxy) is 1. The van der Waals surface area contributed by atoms with Crippen LogP contribution in [0.1, 0.15) is 18.4 Å². The van der Waals surface area contributed by atoms with Crippen LogP contribution in [0.5, 0.6) is 5.75 Å². The molecule has 0 atom stereocenters. The van der Waals surface area contributed by atoms with Gasteiger partial charge in [0, 0.05) is 17.3 Å². The second-order valence-corrected chi connectivity index (χ2v) is 8.55. The predicted molar refractivity (Wildman–Crippen MR) is 104 cm³/mol. The normalized spacial score (nSPS) is 14.6. The van der Waals surface area contributed by atoms with Gasteiger partial charge < -0.3 is 4.74 Å². The molecule has 27 heavy (non-hydrogen) atoms. The monoisotopic (exact) mass is 452 g/mol. The summed E-state index contributed by atoms with van der Waals surface area (Å²) in [6, 6.07) is 9.38. The summed E-state index contributed by atoms with van der Waals surface area (Å²) in [6.45, 7) is 1.89. The molecule has 9 heteroatoms.